The van der Waals surface area contributed by atoms with Crippen LogP contribution in [0.4, 0.5) is 35.3 Å². The normalized spacial score (nSPS) is 14.9. The summed E-state index contributed by atoms with van der Waals surface area (Å²) in [7, 11) is 0. The highest BCUT2D eigenvalue weighted by Gasteiger charge is 2.26. The molecule has 0 unspecified atom stereocenters. The maximum Gasteiger partial charge on any atom is 0.326 e. The number of hydrogen-bond acceptors (Lipinski definition) is 22. The number of nitrogens with one attached hydrogen (secondary N) is 5. The van der Waals surface area contributed by atoms with E-state index in [4.69, 9.17) is 18.9 Å². The lowest BCUT2D eigenvalue weighted by molar-refractivity contribution is -0.144. The predicted octanol–water partition coefficient (Wildman–Crippen LogP) is 13.7. The second kappa shape index (κ2) is 38.5. The minimum Gasteiger partial charge on any atom is -0.465 e. The van der Waals surface area contributed by atoms with Gasteiger partial charge in [-0.05, 0) is 142 Å². The first-order chi connectivity index (χ1) is 53.3. The van der Waals surface area contributed by atoms with Crippen LogP contribution in [-0.4, -0.2) is 147 Å². The maximum atomic E-state index is 13.1. The maximum absolute atomic E-state index is 13.1. The Bertz CT molecular complexity index is 4700. The van der Waals surface area contributed by atoms with Crippen LogP contribution in [0.3, 0.4) is 0 Å². The van der Waals surface area contributed by atoms with E-state index in [9.17, 15) is 28.8 Å². The number of morpholine rings is 1. The van der Waals surface area contributed by atoms with Gasteiger partial charge in [0.25, 0.3) is 17.7 Å². The van der Waals surface area contributed by atoms with Crippen LogP contribution in [0.25, 0.3) is 33.5 Å². The summed E-state index contributed by atoms with van der Waals surface area (Å²) < 4.78 is 25.5. The predicted molar refractivity (Wildman–Crippen MR) is 417 cm³/mol. The Morgan fingerprint density at radius 1 is 0.431 bits per heavy atom. The van der Waals surface area contributed by atoms with E-state index in [0.29, 0.717) is 138 Å². The first kappa shape index (κ1) is 77.3. The van der Waals surface area contributed by atoms with Crippen LogP contribution in [0, 0.1) is 0 Å². The fraction of sp³-hybridized carbons (Fsp3) is 0.444. The second-order valence-corrected chi connectivity index (χ2v) is 27.7. The van der Waals surface area contributed by atoms with E-state index in [-0.39, 0.29) is 73.7 Å². The van der Waals surface area contributed by atoms with Crippen molar-refractivity contribution in [2.75, 3.05) is 84.2 Å². The smallest absolute Gasteiger partial charge is 0.326 e. The Kier molecular flexibility index (Phi) is 27.3. The van der Waals surface area contributed by atoms with Crippen LogP contribution in [0.1, 0.15) is 208 Å². The van der Waals surface area contributed by atoms with Crippen LogP contribution < -0.4 is 31.5 Å². The number of benzene rings is 4. The number of aromatic nitrogens is 12. The van der Waals surface area contributed by atoms with Crippen LogP contribution in [-0.2, 0) is 59.5 Å². The molecule has 1 saturated heterocycles. The third kappa shape index (κ3) is 20.7. The van der Waals surface area contributed by atoms with Gasteiger partial charge in [0, 0.05) is 42.9 Å². The molecule has 28 heteroatoms. The zero-order valence-corrected chi connectivity index (χ0v) is 62.7. The standard InChI is InChI=1S/C29H32N6O3.C26H32N6O4.C26H34N6O3/c1-2-38-24(36)18-35-19-31-25-26(30-17-20-9-5-3-6-10-20)32-29(33-27(25)35)34-28(37)23-15-13-22(14-16-23)21-11-7-4-8-12-21;1-2-36-21(33)16-32-17-27-22-23(31-12-14-35-15-13-31)28-26(29-24(22)32)30-25(34)20-10-8-19(9-11-20)18-6-4-3-5-7-18;1-3-5-15-27-23-22-24(32(17-28-22)16-21(33)35-4-2)30-26(29-23)31-25(34)20-13-11-19(12-14-20)18-9-7-6-8-10-18/h3,5-6,9-10,13-16,19,21H,2,4,7-8,11-12,17-18H2,1H3,(H2,30,32,33,34,37);8-11,17-18H,2-7,12-16H2,1H3,(H,28,29,30,34);11-14,17-18H,3-10,15-16H2,1-2H3,(H2,27,29,30,31,34). The summed E-state index contributed by atoms with van der Waals surface area (Å²) in [5.41, 5.74) is 9.51. The molecule has 6 aromatic heterocycles. The van der Waals surface area contributed by atoms with Crippen molar-refractivity contribution in [2.45, 2.75) is 181 Å². The molecule has 5 N–H and O–H groups in total. The highest BCUT2D eigenvalue weighted by molar-refractivity contribution is 6.05. The third-order valence-corrected chi connectivity index (χ3v) is 20.0. The number of imidazole rings is 3. The molecule has 4 aromatic carbocycles. The summed E-state index contributed by atoms with van der Waals surface area (Å²) in [5, 5.41) is 15.1. The number of nitrogens with zero attached hydrogens (tertiary/aromatic N) is 13. The lowest BCUT2D eigenvalue weighted by Gasteiger charge is -2.28. The molecular weight excluding hydrogens is 1390 g/mol. The van der Waals surface area contributed by atoms with E-state index in [1.807, 2.05) is 66.7 Å². The van der Waals surface area contributed by atoms with E-state index in [2.05, 4.69) is 120 Å². The van der Waals surface area contributed by atoms with E-state index >= 15 is 0 Å². The van der Waals surface area contributed by atoms with Crippen molar-refractivity contribution in [1.82, 2.24) is 58.6 Å². The summed E-state index contributed by atoms with van der Waals surface area (Å²) in [6, 6.07) is 33.4. The fourth-order valence-electron chi connectivity index (χ4n) is 14.3. The summed E-state index contributed by atoms with van der Waals surface area (Å²) in [5.74, 6) is 1.75. The Morgan fingerprint density at radius 2 is 0.798 bits per heavy atom. The number of fused-ring (bicyclic) bond motifs is 3. The van der Waals surface area contributed by atoms with Gasteiger partial charge >= 0.3 is 17.9 Å². The molecule has 572 valence electrons. The SMILES string of the molecule is CCCCNc1nc(NC(=O)c2ccc(C3CCCCC3)cc2)nc2c1ncn2CC(=O)OCC.CCOC(=O)Cn1cnc2c(N3CCOCC3)nc(NC(=O)c3ccc(C4CCCCC4)cc3)nc21.CCOC(=O)Cn1cnc2c(NCc3ccccc3)nc(NC(=O)c3ccc(C4CCCCC4)cc3)nc21. The summed E-state index contributed by atoms with van der Waals surface area (Å²) in [6.07, 6.45) is 25.4. The van der Waals surface area contributed by atoms with Crippen LogP contribution in [0.5, 0.6) is 0 Å². The Morgan fingerprint density at radius 3 is 1.18 bits per heavy atom. The number of ether oxygens (including phenoxy) is 4. The molecule has 10 aromatic rings. The molecule has 0 bridgehead atoms. The zero-order valence-electron chi connectivity index (χ0n) is 62.7. The molecule has 3 amide bonds. The molecule has 0 spiro atoms. The largest absolute Gasteiger partial charge is 0.465 e. The minimum atomic E-state index is -0.396. The highest BCUT2D eigenvalue weighted by atomic mass is 16.5. The monoisotopic (exact) mass is 1480 g/mol. The van der Waals surface area contributed by atoms with Crippen molar-refractivity contribution in [3.8, 4) is 0 Å². The topological polar surface area (TPSA) is 334 Å². The number of esters is 3. The summed E-state index contributed by atoms with van der Waals surface area (Å²) in [4.78, 5) is 118. The van der Waals surface area contributed by atoms with E-state index in [0.717, 1.165) is 18.4 Å². The summed E-state index contributed by atoms with van der Waals surface area (Å²) in [6.45, 7) is 11.8. The molecule has 7 heterocycles. The molecular formula is C81H98N18O10. The van der Waals surface area contributed by atoms with Gasteiger partial charge < -0.3 is 48.2 Å². The Labute approximate surface area is 633 Å². The first-order valence-corrected chi connectivity index (χ1v) is 38.5. The molecule has 28 nitrogen and oxygen atoms in total. The highest BCUT2D eigenvalue weighted by Crippen LogP contribution is 2.36. The number of amides is 3. The number of rotatable bonds is 26. The zero-order chi connectivity index (χ0) is 75.9. The average molecular weight is 1480 g/mol. The van der Waals surface area contributed by atoms with Gasteiger partial charge in [-0.15, -0.1) is 0 Å². The van der Waals surface area contributed by atoms with Gasteiger partial charge in [-0.1, -0.05) is 138 Å². The molecule has 3 aliphatic carbocycles. The van der Waals surface area contributed by atoms with Gasteiger partial charge in [0.1, 0.15) is 19.6 Å². The number of anilines is 6. The minimum absolute atomic E-state index is 0.0221. The van der Waals surface area contributed by atoms with Crippen molar-refractivity contribution in [3.05, 3.63) is 161 Å². The summed E-state index contributed by atoms with van der Waals surface area (Å²) >= 11 is 0. The van der Waals surface area contributed by atoms with Gasteiger partial charge in [-0.3, -0.25) is 44.7 Å². The fourth-order valence-corrected chi connectivity index (χ4v) is 14.3. The van der Waals surface area contributed by atoms with E-state index < -0.39 is 5.97 Å². The van der Waals surface area contributed by atoms with Crippen molar-refractivity contribution in [3.63, 3.8) is 0 Å². The van der Waals surface area contributed by atoms with Crippen molar-refractivity contribution < 1.29 is 47.7 Å². The molecule has 109 heavy (non-hydrogen) atoms. The number of carbonyl (C=O) groups is 6. The van der Waals surface area contributed by atoms with Gasteiger partial charge in [0.15, 0.2) is 50.9 Å². The third-order valence-electron chi connectivity index (χ3n) is 20.0. The lowest BCUT2D eigenvalue weighted by Crippen LogP contribution is -2.37. The first-order valence-electron chi connectivity index (χ1n) is 38.5. The van der Waals surface area contributed by atoms with Crippen LogP contribution in [0.2, 0.25) is 0 Å². The van der Waals surface area contributed by atoms with Crippen molar-refractivity contribution >= 4 is 104 Å². The molecule has 0 atom stereocenters. The molecule has 0 radical (unpaired) electrons. The Balaban J connectivity index is 0.000000153. The average Bonchev–Trinajstić information content (AvgIpc) is 1.67. The number of carbonyl (C=O) groups excluding carboxylic acids is 6. The lowest BCUT2D eigenvalue weighted by atomic mass is 9.84. The number of hydrogen-bond donors (Lipinski definition) is 5. The Hall–Kier alpha value is -11.3. The van der Waals surface area contributed by atoms with Gasteiger partial charge in [0.2, 0.25) is 17.8 Å². The van der Waals surface area contributed by atoms with Crippen molar-refractivity contribution in [2.24, 2.45) is 0 Å². The molecule has 4 fully saturated rings. The quantitative estimate of drug-likeness (QED) is 0.0191. The van der Waals surface area contributed by atoms with E-state index in [1.165, 1.54) is 126 Å². The van der Waals surface area contributed by atoms with Gasteiger partial charge in [-0.2, -0.15) is 29.9 Å². The van der Waals surface area contributed by atoms with Gasteiger partial charge in [0.05, 0.1) is 52.0 Å². The van der Waals surface area contributed by atoms with Gasteiger partial charge in [-0.25, -0.2) is 15.0 Å². The van der Waals surface area contributed by atoms with Crippen molar-refractivity contribution in [1.29, 1.82) is 0 Å². The molecule has 1 aliphatic heterocycles. The molecule has 14 rings (SSSR count). The number of unbranched alkanes of at least 4 members (excludes halogenated alkanes) is 1. The second-order valence-electron chi connectivity index (χ2n) is 27.7. The van der Waals surface area contributed by atoms with E-state index in [1.54, 1.807) is 40.8 Å². The molecule has 4 aliphatic rings. The van der Waals surface area contributed by atoms with Crippen LogP contribution >= 0.6 is 0 Å². The molecule has 3 saturated carbocycles. The van der Waals surface area contributed by atoms with Crippen LogP contribution in [0.15, 0.2) is 122 Å².